The molecule has 1 aromatic heterocycles. The number of carbonyl (C=O) groups is 1. The molecule has 1 N–H and O–H groups in total. The van der Waals surface area contributed by atoms with Crippen molar-refractivity contribution < 1.29 is 14.6 Å². The minimum Gasteiger partial charge on any atom is -0.477 e. The van der Waals surface area contributed by atoms with Crippen LogP contribution in [0.1, 0.15) is 10.5 Å². The quantitative estimate of drug-likeness (QED) is 0.854. The van der Waals surface area contributed by atoms with E-state index in [0.29, 0.717) is 5.75 Å². The molecular formula is C12H10N2O3S. The summed E-state index contributed by atoms with van der Waals surface area (Å²) < 4.78 is 5.48. The Kier molecular flexibility index (Phi) is 3.78. The molecule has 0 saturated heterocycles. The number of hydrogen-bond donors (Lipinski definition) is 1. The Bertz CT molecular complexity index is 575. The monoisotopic (exact) mass is 262 g/mol. The molecule has 0 saturated carbocycles. The molecule has 1 aromatic carbocycles. The van der Waals surface area contributed by atoms with Gasteiger partial charge in [-0.3, -0.25) is 0 Å². The van der Waals surface area contributed by atoms with Crippen LogP contribution in [0.25, 0.3) is 0 Å². The number of benzene rings is 1. The summed E-state index contributed by atoms with van der Waals surface area (Å²) in [6.07, 6.45) is 3.28. The van der Waals surface area contributed by atoms with Gasteiger partial charge < -0.3 is 9.84 Å². The van der Waals surface area contributed by atoms with Gasteiger partial charge in [0, 0.05) is 11.1 Å². The summed E-state index contributed by atoms with van der Waals surface area (Å²) in [6, 6.07) is 8.75. The number of carboxylic acid groups (broad SMARTS) is 1. The van der Waals surface area contributed by atoms with Crippen LogP contribution >= 0.6 is 11.8 Å². The summed E-state index contributed by atoms with van der Waals surface area (Å²) in [5.74, 6) is -0.507. The van der Waals surface area contributed by atoms with Gasteiger partial charge in [-0.2, -0.15) is 4.98 Å². The van der Waals surface area contributed by atoms with E-state index in [1.54, 1.807) is 6.07 Å². The van der Waals surface area contributed by atoms with Gasteiger partial charge in [-0.25, -0.2) is 9.78 Å². The van der Waals surface area contributed by atoms with Gasteiger partial charge in [0.05, 0.1) is 0 Å². The van der Waals surface area contributed by atoms with Crippen molar-refractivity contribution in [3.8, 4) is 11.8 Å². The van der Waals surface area contributed by atoms with Crippen LogP contribution in [-0.4, -0.2) is 27.3 Å². The van der Waals surface area contributed by atoms with E-state index in [-0.39, 0.29) is 11.7 Å². The number of ether oxygens (including phenoxy) is 1. The molecule has 5 nitrogen and oxygen atoms in total. The third kappa shape index (κ3) is 2.78. The SMILES string of the molecule is CSc1ccccc1Oc1nccc(C(=O)O)n1. The third-order valence-electron chi connectivity index (χ3n) is 2.12. The summed E-state index contributed by atoms with van der Waals surface area (Å²) in [7, 11) is 0. The van der Waals surface area contributed by atoms with Crippen molar-refractivity contribution in [2.75, 3.05) is 6.26 Å². The highest BCUT2D eigenvalue weighted by molar-refractivity contribution is 7.98. The average Bonchev–Trinajstić information content (AvgIpc) is 2.39. The number of para-hydroxylation sites is 1. The molecule has 18 heavy (non-hydrogen) atoms. The van der Waals surface area contributed by atoms with Gasteiger partial charge in [0.25, 0.3) is 0 Å². The van der Waals surface area contributed by atoms with E-state index < -0.39 is 5.97 Å². The van der Waals surface area contributed by atoms with Crippen molar-refractivity contribution in [3.63, 3.8) is 0 Å². The Balaban J connectivity index is 2.28. The van der Waals surface area contributed by atoms with Crippen LogP contribution < -0.4 is 4.74 Å². The molecule has 0 bridgehead atoms. The smallest absolute Gasteiger partial charge is 0.354 e. The van der Waals surface area contributed by atoms with Crippen molar-refractivity contribution in [1.82, 2.24) is 9.97 Å². The lowest BCUT2D eigenvalue weighted by Gasteiger charge is -2.07. The van der Waals surface area contributed by atoms with E-state index in [1.165, 1.54) is 24.0 Å². The van der Waals surface area contributed by atoms with E-state index >= 15 is 0 Å². The lowest BCUT2D eigenvalue weighted by molar-refractivity contribution is 0.0689. The Morgan fingerprint density at radius 1 is 1.33 bits per heavy atom. The number of nitrogens with zero attached hydrogens (tertiary/aromatic N) is 2. The molecule has 6 heteroatoms. The molecule has 0 unspecified atom stereocenters. The fourth-order valence-electron chi connectivity index (χ4n) is 1.31. The van der Waals surface area contributed by atoms with Gasteiger partial charge in [0.15, 0.2) is 5.69 Å². The zero-order chi connectivity index (χ0) is 13.0. The van der Waals surface area contributed by atoms with E-state index in [9.17, 15) is 4.79 Å². The topological polar surface area (TPSA) is 72.3 Å². The second-order valence-corrected chi connectivity index (χ2v) is 4.13. The number of aromatic carboxylic acids is 1. The first-order valence-corrected chi connectivity index (χ1v) is 6.30. The second-order valence-electron chi connectivity index (χ2n) is 3.28. The molecule has 0 aliphatic carbocycles. The Morgan fingerprint density at radius 3 is 2.83 bits per heavy atom. The first-order valence-electron chi connectivity index (χ1n) is 5.08. The molecule has 0 spiro atoms. The number of rotatable bonds is 4. The molecule has 2 aromatic rings. The second kappa shape index (κ2) is 5.50. The highest BCUT2D eigenvalue weighted by atomic mass is 32.2. The van der Waals surface area contributed by atoms with Gasteiger partial charge in [0.1, 0.15) is 5.75 Å². The number of aromatic nitrogens is 2. The van der Waals surface area contributed by atoms with Crippen LogP contribution in [0.5, 0.6) is 11.8 Å². The van der Waals surface area contributed by atoms with Gasteiger partial charge in [-0.05, 0) is 24.5 Å². The van der Waals surface area contributed by atoms with Crippen molar-refractivity contribution in [1.29, 1.82) is 0 Å². The first kappa shape index (κ1) is 12.4. The van der Waals surface area contributed by atoms with Gasteiger partial charge in [-0.15, -0.1) is 11.8 Å². The largest absolute Gasteiger partial charge is 0.477 e. The summed E-state index contributed by atoms with van der Waals surface area (Å²) in [5, 5.41) is 8.83. The van der Waals surface area contributed by atoms with E-state index in [4.69, 9.17) is 9.84 Å². The summed E-state index contributed by atoms with van der Waals surface area (Å²) in [4.78, 5) is 19.4. The predicted octanol–water partition coefficient (Wildman–Crippen LogP) is 2.69. The third-order valence-corrected chi connectivity index (χ3v) is 2.90. The minimum atomic E-state index is -1.11. The maximum Gasteiger partial charge on any atom is 0.354 e. The number of carboxylic acids is 1. The Morgan fingerprint density at radius 2 is 2.11 bits per heavy atom. The lowest BCUT2D eigenvalue weighted by Crippen LogP contribution is -2.02. The van der Waals surface area contributed by atoms with Crippen LogP contribution in [0.15, 0.2) is 41.4 Å². The molecule has 0 aliphatic rings. The van der Waals surface area contributed by atoms with Crippen molar-refractivity contribution >= 4 is 17.7 Å². The van der Waals surface area contributed by atoms with Crippen LogP contribution in [0, 0.1) is 0 Å². The Hall–Kier alpha value is -2.08. The molecule has 0 fully saturated rings. The van der Waals surface area contributed by atoms with E-state index in [0.717, 1.165) is 4.90 Å². The fraction of sp³-hybridized carbons (Fsp3) is 0.0833. The van der Waals surface area contributed by atoms with Crippen LogP contribution in [-0.2, 0) is 0 Å². The highest BCUT2D eigenvalue weighted by Crippen LogP contribution is 2.29. The molecule has 92 valence electrons. The molecule has 0 aliphatic heterocycles. The number of thioether (sulfide) groups is 1. The van der Waals surface area contributed by atoms with Crippen LogP contribution in [0.2, 0.25) is 0 Å². The molecule has 0 amide bonds. The lowest BCUT2D eigenvalue weighted by atomic mass is 10.3. The molecule has 0 atom stereocenters. The van der Waals surface area contributed by atoms with Crippen LogP contribution in [0.3, 0.4) is 0 Å². The predicted molar refractivity (Wildman–Crippen MR) is 67.3 cm³/mol. The maximum atomic E-state index is 10.8. The molecule has 0 radical (unpaired) electrons. The summed E-state index contributed by atoms with van der Waals surface area (Å²) in [6.45, 7) is 0. The fourth-order valence-corrected chi connectivity index (χ4v) is 1.84. The zero-order valence-corrected chi connectivity index (χ0v) is 10.3. The van der Waals surface area contributed by atoms with Crippen molar-refractivity contribution in [3.05, 3.63) is 42.2 Å². The zero-order valence-electron chi connectivity index (χ0n) is 9.53. The standard InChI is InChI=1S/C12H10N2O3S/c1-18-10-5-3-2-4-9(10)17-12-13-7-6-8(14-12)11(15)16/h2-7H,1H3,(H,15,16). The number of hydrogen-bond acceptors (Lipinski definition) is 5. The average molecular weight is 262 g/mol. The van der Waals surface area contributed by atoms with Crippen molar-refractivity contribution in [2.45, 2.75) is 4.90 Å². The van der Waals surface area contributed by atoms with Gasteiger partial charge >= 0.3 is 12.0 Å². The van der Waals surface area contributed by atoms with E-state index in [2.05, 4.69) is 9.97 Å². The molecular weight excluding hydrogens is 252 g/mol. The normalized spacial score (nSPS) is 10.1. The first-order chi connectivity index (χ1) is 8.70. The maximum absolute atomic E-state index is 10.8. The minimum absolute atomic E-state index is 0.0244. The highest BCUT2D eigenvalue weighted by Gasteiger charge is 2.09. The summed E-state index contributed by atoms with van der Waals surface area (Å²) in [5.41, 5.74) is -0.0957. The Labute approximate surface area is 108 Å². The summed E-state index contributed by atoms with van der Waals surface area (Å²) >= 11 is 1.53. The van der Waals surface area contributed by atoms with Gasteiger partial charge in [0.2, 0.25) is 0 Å². The van der Waals surface area contributed by atoms with Crippen LogP contribution in [0.4, 0.5) is 0 Å². The van der Waals surface area contributed by atoms with Crippen molar-refractivity contribution in [2.24, 2.45) is 0 Å². The van der Waals surface area contributed by atoms with E-state index in [1.807, 2.05) is 24.5 Å². The molecule has 1 heterocycles. The molecule has 2 rings (SSSR count). The van der Waals surface area contributed by atoms with Gasteiger partial charge in [-0.1, -0.05) is 12.1 Å².